The van der Waals surface area contributed by atoms with E-state index in [2.05, 4.69) is 9.69 Å². The van der Waals surface area contributed by atoms with E-state index in [1.165, 1.54) is 0 Å². The molecule has 0 radical (unpaired) electrons. The first-order valence-corrected chi connectivity index (χ1v) is 7.04. The molecule has 1 aromatic carbocycles. The summed E-state index contributed by atoms with van der Waals surface area (Å²) in [6.45, 7) is -0.237. The number of nitriles is 1. The van der Waals surface area contributed by atoms with E-state index >= 15 is 0 Å². The quantitative estimate of drug-likeness (QED) is 0.872. The highest BCUT2D eigenvalue weighted by Gasteiger charge is 2.11. The molecule has 0 aliphatic rings. The van der Waals surface area contributed by atoms with Gasteiger partial charge in [-0.25, -0.2) is 8.78 Å². The lowest BCUT2D eigenvalue weighted by Crippen LogP contribution is -2.07. The zero-order valence-electron chi connectivity index (χ0n) is 10.6. The highest BCUT2D eigenvalue weighted by molar-refractivity contribution is 7.10. The van der Waals surface area contributed by atoms with Crippen LogP contribution in [0.2, 0.25) is 5.15 Å². The molecule has 8 heteroatoms. The molecule has 0 atom stereocenters. The van der Waals surface area contributed by atoms with Crippen molar-refractivity contribution in [2.45, 2.75) is 13.0 Å². The first-order chi connectivity index (χ1) is 10.1. The molecule has 0 aliphatic carbocycles. The van der Waals surface area contributed by atoms with Gasteiger partial charge in [0, 0.05) is 6.54 Å². The van der Waals surface area contributed by atoms with Crippen LogP contribution in [0.15, 0.2) is 24.3 Å². The minimum absolute atomic E-state index is 0.166. The Balaban J connectivity index is 2.00. The summed E-state index contributed by atoms with van der Waals surface area (Å²) in [5, 5.41) is 12.7. The highest BCUT2D eigenvalue weighted by Crippen LogP contribution is 2.28. The van der Waals surface area contributed by atoms with Crippen molar-refractivity contribution in [3.63, 3.8) is 0 Å². The second kappa shape index (κ2) is 7.20. The van der Waals surface area contributed by atoms with Gasteiger partial charge < -0.3 is 10.1 Å². The van der Waals surface area contributed by atoms with Crippen LogP contribution in [0, 0.1) is 11.3 Å². The maximum Gasteiger partial charge on any atom is 0.272 e. The zero-order valence-corrected chi connectivity index (χ0v) is 12.2. The third kappa shape index (κ3) is 4.28. The number of halogens is 3. The fraction of sp³-hybridized carbons (Fsp3) is 0.231. The van der Waals surface area contributed by atoms with Gasteiger partial charge in [0.25, 0.3) is 6.43 Å². The van der Waals surface area contributed by atoms with Crippen molar-refractivity contribution in [1.82, 2.24) is 4.37 Å². The van der Waals surface area contributed by atoms with Crippen LogP contribution in [0.4, 0.5) is 13.8 Å². The van der Waals surface area contributed by atoms with Gasteiger partial charge in [-0.15, -0.1) is 0 Å². The number of benzene rings is 1. The predicted octanol–water partition coefficient (Wildman–Crippen LogP) is 3.92. The SMILES string of the molecule is N#Cc1c(Cl)nsc1NCc1cccc(OCC(F)F)c1. The summed E-state index contributed by atoms with van der Waals surface area (Å²) in [5.74, 6) is 0.373. The number of alkyl halides is 2. The normalized spacial score (nSPS) is 10.4. The minimum Gasteiger partial charge on any atom is -0.488 e. The molecule has 4 nitrogen and oxygen atoms in total. The molecular formula is C13H10ClF2N3OS. The van der Waals surface area contributed by atoms with Gasteiger partial charge in [0.2, 0.25) is 0 Å². The van der Waals surface area contributed by atoms with Crippen molar-refractivity contribution in [2.24, 2.45) is 0 Å². The molecule has 0 amide bonds. The van der Waals surface area contributed by atoms with Gasteiger partial charge in [-0.05, 0) is 29.2 Å². The van der Waals surface area contributed by atoms with Gasteiger partial charge in [0.1, 0.15) is 29.0 Å². The van der Waals surface area contributed by atoms with Crippen molar-refractivity contribution in [2.75, 3.05) is 11.9 Å². The highest BCUT2D eigenvalue weighted by atomic mass is 35.5. The lowest BCUT2D eigenvalue weighted by atomic mass is 10.2. The van der Waals surface area contributed by atoms with Crippen LogP contribution in [0.1, 0.15) is 11.1 Å². The second-order valence-corrected chi connectivity index (χ2v) is 5.12. The van der Waals surface area contributed by atoms with Crippen molar-refractivity contribution in [1.29, 1.82) is 5.26 Å². The molecule has 2 rings (SSSR count). The molecule has 21 heavy (non-hydrogen) atoms. The number of nitrogens with one attached hydrogen (secondary N) is 1. The van der Waals surface area contributed by atoms with E-state index in [9.17, 15) is 8.78 Å². The molecule has 0 aliphatic heterocycles. The van der Waals surface area contributed by atoms with Crippen molar-refractivity contribution >= 4 is 28.1 Å². The third-order valence-corrected chi connectivity index (χ3v) is 3.67. The van der Waals surface area contributed by atoms with Crippen molar-refractivity contribution < 1.29 is 13.5 Å². The Bertz CT molecular complexity index is 657. The monoisotopic (exact) mass is 329 g/mol. The van der Waals surface area contributed by atoms with Gasteiger partial charge in [-0.3, -0.25) is 0 Å². The second-order valence-electron chi connectivity index (χ2n) is 3.99. The lowest BCUT2D eigenvalue weighted by molar-refractivity contribution is 0.0818. The molecule has 0 saturated heterocycles. The fourth-order valence-corrected chi connectivity index (χ4v) is 2.50. The number of anilines is 1. The van der Waals surface area contributed by atoms with Crippen LogP contribution in [-0.2, 0) is 6.54 Å². The summed E-state index contributed by atoms with van der Waals surface area (Å²) in [4.78, 5) is 0. The van der Waals surface area contributed by atoms with Gasteiger partial charge in [-0.2, -0.15) is 9.64 Å². The summed E-state index contributed by atoms with van der Waals surface area (Å²) >= 11 is 6.86. The smallest absolute Gasteiger partial charge is 0.272 e. The number of hydrogen-bond acceptors (Lipinski definition) is 5. The maximum atomic E-state index is 12.1. The molecule has 0 spiro atoms. The summed E-state index contributed by atoms with van der Waals surface area (Å²) in [5.41, 5.74) is 1.13. The standard InChI is InChI=1S/C13H10ClF2N3OS/c14-12-10(5-17)13(21-19-12)18-6-8-2-1-3-9(4-8)20-7-11(15)16/h1-4,11,18H,6-7H2. The Morgan fingerprint density at radius 2 is 2.29 bits per heavy atom. The fourth-order valence-electron chi connectivity index (χ4n) is 1.58. The van der Waals surface area contributed by atoms with E-state index in [0.717, 1.165) is 17.1 Å². The van der Waals surface area contributed by atoms with E-state index in [1.807, 2.05) is 12.1 Å². The topological polar surface area (TPSA) is 57.9 Å². The Morgan fingerprint density at radius 3 is 3.00 bits per heavy atom. The van der Waals surface area contributed by atoms with Crippen LogP contribution in [0.3, 0.4) is 0 Å². The molecule has 0 bridgehead atoms. The average Bonchev–Trinajstić information content (AvgIpc) is 2.83. The van der Waals surface area contributed by atoms with Gasteiger partial charge >= 0.3 is 0 Å². The number of aromatic nitrogens is 1. The van der Waals surface area contributed by atoms with E-state index < -0.39 is 13.0 Å². The summed E-state index contributed by atoms with van der Waals surface area (Å²) in [7, 11) is 0. The summed E-state index contributed by atoms with van der Waals surface area (Å²) in [6.07, 6.45) is -2.51. The Hall–Kier alpha value is -1.91. The largest absolute Gasteiger partial charge is 0.488 e. The number of hydrogen-bond donors (Lipinski definition) is 1. The van der Waals surface area contributed by atoms with Crippen molar-refractivity contribution in [3.05, 3.63) is 40.5 Å². The van der Waals surface area contributed by atoms with E-state index in [1.54, 1.807) is 18.2 Å². The Labute approximate surface area is 129 Å². The molecule has 0 unspecified atom stereocenters. The molecule has 1 N–H and O–H groups in total. The lowest BCUT2D eigenvalue weighted by Gasteiger charge is -2.08. The first-order valence-electron chi connectivity index (χ1n) is 5.89. The van der Waals surface area contributed by atoms with Gasteiger partial charge in [-0.1, -0.05) is 23.7 Å². The molecule has 0 fully saturated rings. The van der Waals surface area contributed by atoms with E-state index in [-0.39, 0.29) is 5.15 Å². The molecule has 1 heterocycles. The van der Waals surface area contributed by atoms with E-state index in [4.69, 9.17) is 21.6 Å². The predicted molar refractivity (Wildman–Crippen MR) is 77.1 cm³/mol. The van der Waals surface area contributed by atoms with Crippen LogP contribution < -0.4 is 10.1 Å². The Kier molecular flexibility index (Phi) is 5.31. The van der Waals surface area contributed by atoms with Gasteiger partial charge in [0.05, 0.1) is 0 Å². The van der Waals surface area contributed by atoms with E-state index in [0.29, 0.717) is 22.9 Å². The van der Waals surface area contributed by atoms with Crippen LogP contribution in [0.25, 0.3) is 0 Å². The maximum absolute atomic E-state index is 12.1. The molecule has 1 aromatic heterocycles. The van der Waals surface area contributed by atoms with Crippen LogP contribution in [-0.4, -0.2) is 17.4 Å². The molecule has 0 saturated carbocycles. The zero-order chi connectivity index (χ0) is 15.2. The number of rotatable bonds is 6. The average molecular weight is 330 g/mol. The molecular weight excluding hydrogens is 320 g/mol. The summed E-state index contributed by atoms with van der Waals surface area (Å²) in [6, 6.07) is 8.76. The summed E-state index contributed by atoms with van der Waals surface area (Å²) < 4.78 is 33.0. The Morgan fingerprint density at radius 1 is 1.48 bits per heavy atom. The molecule has 2 aromatic rings. The van der Waals surface area contributed by atoms with Crippen molar-refractivity contribution in [3.8, 4) is 11.8 Å². The van der Waals surface area contributed by atoms with Crippen LogP contribution in [0.5, 0.6) is 5.75 Å². The number of nitrogens with zero attached hydrogens (tertiary/aromatic N) is 2. The van der Waals surface area contributed by atoms with Gasteiger partial charge in [0.15, 0.2) is 5.15 Å². The number of ether oxygens (including phenoxy) is 1. The first kappa shape index (κ1) is 15.5. The minimum atomic E-state index is -2.51. The third-order valence-electron chi connectivity index (χ3n) is 2.49. The molecule has 110 valence electrons. The van der Waals surface area contributed by atoms with Crippen LogP contribution >= 0.6 is 23.1 Å².